The number of nitrogens with zero attached hydrogens (tertiary/aromatic N) is 4. The average Bonchev–Trinajstić information content (AvgIpc) is 3.05. The number of anilines is 1. The molecule has 3 aromatic heterocycles. The van der Waals surface area contributed by atoms with Gasteiger partial charge in [-0.3, -0.25) is 4.98 Å². The minimum atomic E-state index is 0.479. The molecule has 3 rings (SSSR count). The Morgan fingerprint density at radius 3 is 2.90 bits per heavy atom. The summed E-state index contributed by atoms with van der Waals surface area (Å²) in [7, 11) is 1.85. The molecule has 0 saturated carbocycles. The molecule has 7 heteroatoms. The molecule has 0 aliphatic heterocycles. The topological polar surface area (TPSA) is 76.7 Å². The summed E-state index contributed by atoms with van der Waals surface area (Å²) in [5.74, 6) is 1.04. The van der Waals surface area contributed by atoms with E-state index in [1.807, 2.05) is 27.0 Å². The van der Waals surface area contributed by atoms with E-state index < -0.39 is 0 Å². The van der Waals surface area contributed by atoms with Gasteiger partial charge in [0.1, 0.15) is 5.00 Å². The summed E-state index contributed by atoms with van der Waals surface area (Å²) in [6, 6.07) is 1.88. The lowest BCUT2D eigenvalue weighted by Gasteiger charge is -1.98. The van der Waals surface area contributed by atoms with Crippen LogP contribution < -0.4 is 5.32 Å². The highest BCUT2D eigenvalue weighted by molar-refractivity contribution is 7.10. The van der Waals surface area contributed by atoms with Gasteiger partial charge in [-0.15, -0.1) is 0 Å². The maximum absolute atomic E-state index is 5.39. The fourth-order valence-corrected chi connectivity index (χ4v) is 2.69. The molecule has 0 fully saturated rings. The summed E-state index contributed by atoms with van der Waals surface area (Å²) in [4.78, 5) is 8.54. The van der Waals surface area contributed by atoms with Crippen LogP contribution in [0, 0.1) is 13.8 Å². The number of hydrogen-bond donors (Lipinski definition) is 1. The van der Waals surface area contributed by atoms with E-state index in [1.165, 1.54) is 11.5 Å². The van der Waals surface area contributed by atoms with Crippen molar-refractivity contribution in [2.75, 3.05) is 12.4 Å². The maximum Gasteiger partial charge on any atom is 0.263 e. The minimum Gasteiger partial charge on any atom is -0.378 e. The first-order chi connectivity index (χ1) is 9.70. The van der Waals surface area contributed by atoms with Crippen molar-refractivity contribution < 1.29 is 4.52 Å². The van der Waals surface area contributed by atoms with Crippen LogP contribution in [0.1, 0.15) is 11.3 Å². The van der Waals surface area contributed by atoms with Crippen molar-refractivity contribution >= 4 is 16.5 Å². The van der Waals surface area contributed by atoms with E-state index in [1.54, 1.807) is 12.4 Å². The second kappa shape index (κ2) is 5.01. The highest BCUT2D eigenvalue weighted by Gasteiger charge is 2.19. The monoisotopic (exact) mass is 287 g/mol. The van der Waals surface area contributed by atoms with Crippen molar-refractivity contribution in [3.63, 3.8) is 0 Å². The maximum atomic E-state index is 5.39. The first-order valence-corrected chi connectivity index (χ1v) is 6.87. The summed E-state index contributed by atoms with van der Waals surface area (Å²) in [5.41, 5.74) is 3.67. The third kappa shape index (κ3) is 2.05. The molecule has 1 N–H and O–H groups in total. The van der Waals surface area contributed by atoms with Gasteiger partial charge in [0.05, 0.1) is 11.3 Å². The Hall–Kier alpha value is -2.28. The quantitative estimate of drug-likeness (QED) is 0.798. The molecule has 0 amide bonds. The molecular formula is C13H13N5OS. The van der Waals surface area contributed by atoms with Crippen molar-refractivity contribution in [2.24, 2.45) is 0 Å². The smallest absolute Gasteiger partial charge is 0.263 e. The summed E-state index contributed by atoms with van der Waals surface area (Å²) in [6.07, 6.45) is 3.50. The van der Waals surface area contributed by atoms with Gasteiger partial charge in [-0.1, -0.05) is 5.16 Å². The lowest BCUT2D eigenvalue weighted by atomic mass is 10.1. The molecule has 0 spiro atoms. The van der Waals surface area contributed by atoms with E-state index in [9.17, 15) is 0 Å². The molecule has 0 saturated heterocycles. The Labute approximate surface area is 120 Å². The molecule has 3 aromatic rings. The third-order valence-electron chi connectivity index (χ3n) is 2.99. The molecule has 20 heavy (non-hydrogen) atoms. The molecule has 3 heterocycles. The Balaban J connectivity index is 2.07. The number of aromatic nitrogens is 4. The van der Waals surface area contributed by atoms with Crippen LogP contribution in [0.15, 0.2) is 23.0 Å². The zero-order valence-corrected chi connectivity index (χ0v) is 12.2. The van der Waals surface area contributed by atoms with Gasteiger partial charge in [0.2, 0.25) is 5.82 Å². The fourth-order valence-electron chi connectivity index (χ4n) is 1.95. The van der Waals surface area contributed by atoms with Gasteiger partial charge in [0.15, 0.2) is 0 Å². The first-order valence-electron chi connectivity index (χ1n) is 6.09. The molecule has 0 aliphatic carbocycles. The third-order valence-corrected chi connectivity index (χ3v) is 3.95. The number of rotatable bonds is 3. The summed E-state index contributed by atoms with van der Waals surface area (Å²) in [5, 5.41) is 8.07. The number of hydrogen-bond acceptors (Lipinski definition) is 7. The molecule has 0 aliphatic rings. The minimum absolute atomic E-state index is 0.479. The molecule has 0 unspecified atom stereocenters. The zero-order valence-electron chi connectivity index (χ0n) is 11.3. The van der Waals surface area contributed by atoms with Crippen LogP contribution in [-0.4, -0.2) is 26.5 Å². The van der Waals surface area contributed by atoms with E-state index in [0.717, 1.165) is 27.4 Å². The van der Waals surface area contributed by atoms with Gasteiger partial charge >= 0.3 is 0 Å². The van der Waals surface area contributed by atoms with Gasteiger partial charge in [0.25, 0.3) is 5.89 Å². The van der Waals surface area contributed by atoms with Crippen molar-refractivity contribution in [3.05, 3.63) is 29.7 Å². The Kier molecular flexibility index (Phi) is 3.19. The van der Waals surface area contributed by atoms with Crippen LogP contribution in [0.5, 0.6) is 0 Å². The molecule has 0 radical (unpaired) electrons. The first kappa shape index (κ1) is 12.7. The van der Waals surface area contributed by atoms with Crippen LogP contribution in [0.3, 0.4) is 0 Å². The fraction of sp³-hybridized carbons (Fsp3) is 0.231. The van der Waals surface area contributed by atoms with Gasteiger partial charge < -0.3 is 9.84 Å². The zero-order chi connectivity index (χ0) is 14.1. The van der Waals surface area contributed by atoms with Crippen LogP contribution in [0.25, 0.3) is 22.8 Å². The molecule has 0 aromatic carbocycles. The predicted octanol–water partition coefficient (Wildman–Crippen LogP) is 2.91. The SMILES string of the molecule is CNc1snc(C)c1-c1nc(-c2ccncc2C)no1. The van der Waals surface area contributed by atoms with Crippen LogP contribution >= 0.6 is 11.5 Å². The van der Waals surface area contributed by atoms with Crippen molar-refractivity contribution in [1.82, 2.24) is 19.5 Å². The van der Waals surface area contributed by atoms with Crippen molar-refractivity contribution in [2.45, 2.75) is 13.8 Å². The molecule has 6 nitrogen and oxygen atoms in total. The molecule has 102 valence electrons. The largest absolute Gasteiger partial charge is 0.378 e. The van der Waals surface area contributed by atoms with Crippen molar-refractivity contribution in [3.8, 4) is 22.8 Å². The standard InChI is InChI=1S/C13H13N5OS/c1-7-6-15-5-4-9(7)11-16-12(19-17-11)10-8(2)18-20-13(10)14-3/h4-6,14H,1-3H3. The van der Waals surface area contributed by atoms with E-state index in [-0.39, 0.29) is 0 Å². The predicted molar refractivity (Wildman–Crippen MR) is 77.7 cm³/mol. The number of pyridine rings is 1. The van der Waals surface area contributed by atoms with Gasteiger partial charge in [-0.05, 0) is 37.0 Å². The molecular weight excluding hydrogens is 274 g/mol. The van der Waals surface area contributed by atoms with Crippen LogP contribution in [0.4, 0.5) is 5.00 Å². The summed E-state index contributed by atoms with van der Waals surface area (Å²) >= 11 is 1.38. The molecule has 0 atom stereocenters. The average molecular weight is 287 g/mol. The lowest BCUT2D eigenvalue weighted by molar-refractivity contribution is 0.432. The summed E-state index contributed by atoms with van der Waals surface area (Å²) in [6.45, 7) is 3.89. The van der Waals surface area contributed by atoms with Gasteiger partial charge in [0, 0.05) is 25.0 Å². The number of aryl methyl sites for hydroxylation is 2. The Bertz CT molecular complexity index is 749. The highest BCUT2D eigenvalue weighted by Crippen LogP contribution is 2.34. The Morgan fingerprint density at radius 1 is 1.30 bits per heavy atom. The van der Waals surface area contributed by atoms with Crippen LogP contribution in [0.2, 0.25) is 0 Å². The van der Waals surface area contributed by atoms with E-state index >= 15 is 0 Å². The normalized spacial score (nSPS) is 10.8. The van der Waals surface area contributed by atoms with E-state index in [2.05, 4.69) is 24.8 Å². The van der Waals surface area contributed by atoms with E-state index in [4.69, 9.17) is 4.52 Å². The Morgan fingerprint density at radius 2 is 2.15 bits per heavy atom. The summed E-state index contributed by atoms with van der Waals surface area (Å²) < 4.78 is 9.69. The second-order valence-electron chi connectivity index (χ2n) is 4.34. The molecule has 0 bridgehead atoms. The van der Waals surface area contributed by atoms with Crippen molar-refractivity contribution in [1.29, 1.82) is 0 Å². The van der Waals surface area contributed by atoms with Gasteiger partial charge in [-0.25, -0.2) is 0 Å². The van der Waals surface area contributed by atoms with Crippen LogP contribution in [-0.2, 0) is 0 Å². The highest BCUT2D eigenvalue weighted by atomic mass is 32.1. The van der Waals surface area contributed by atoms with Gasteiger partial charge in [-0.2, -0.15) is 9.36 Å². The lowest BCUT2D eigenvalue weighted by Crippen LogP contribution is -1.89. The van der Waals surface area contributed by atoms with E-state index in [0.29, 0.717) is 11.7 Å². The second-order valence-corrected chi connectivity index (χ2v) is 5.11. The number of nitrogens with one attached hydrogen (secondary N) is 1.